The van der Waals surface area contributed by atoms with Crippen molar-refractivity contribution in [2.45, 2.75) is 18.9 Å². The van der Waals surface area contributed by atoms with Gasteiger partial charge >= 0.3 is 12.4 Å². The summed E-state index contributed by atoms with van der Waals surface area (Å²) in [5, 5.41) is 4.99. The first-order valence-corrected chi connectivity index (χ1v) is 7.35. The topological polar surface area (TPSA) is 24.1 Å². The first-order valence-electron chi connectivity index (χ1n) is 6.94. The quantitative estimate of drug-likeness (QED) is 0.566. The summed E-state index contributed by atoms with van der Waals surface area (Å²) in [5.41, 5.74) is -1.60. The number of halogens is 6. The van der Waals surface area contributed by atoms with Crippen LogP contribution in [0.15, 0.2) is 48.5 Å². The summed E-state index contributed by atoms with van der Waals surface area (Å²) in [7, 11) is 0. The largest absolute Gasteiger partial charge is 0.416 e. The summed E-state index contributed by atoms with van der Waals surface area (Å²) in [4.78, 5) is 0. The van der Waals surface area contributed by atoms with E-state index in [1.165, 1.54) is 30.3 Å². The van der Waals surface area contributed by atoms with E-state index in [1.807, 2.05) is 0 Å². The standard InChI is InChI=1S/C16H12F6N2S/c17-15(18,19)11-5-3-6-12(8-11)24-14(25)23-9-10-4-1-2-7-13(10)16(20,21)22/h1-8H,9H2,(H2,23,24,25). The summed E-state index contributed by atoms with van der Waals surface area (Å²) in [5.74, 6) is 0. The molecule has 0 aliphatic heterocycles. The van der Waals surface area contributed by atoms with Crippen molar-refractivity contribution in [1.29, 1.82) is 0 Å². The van der Waals surface area contributed by atoms with Crippen molar-refractivity contribution in [3.63, 3.8) is 0 Å². The molecule has 2 rings (SSSR count). The lowest BCUT2D eigenvalue weighted by Gasteiger charge is -2.15. The summed E-state index contributed by atoms with van der Waals surface area (Å²) < 4.78 is 76.6. The Morgan fingerprint density at radius 1 is 0.880 bits per heavy atom. The van der Waals surface area contributed by atoms with Crippen molar-refractivity contribution < 1.29 is 26.3 Å². The van der Waals surface area contributed by atoms with Crippen molar-refractivity contribution in [3.8, 4) is 0 Å². The summed E-state index contributed by atoms with van der Waals surface area (Å²) in [6.45, 7) is -0.222. The molecule has 0 aliphatic rings. The van der Waals surface area contributed by atoms with Crippen LogP contribution in [0.1, 0.15) is 16.7 Å². The zero-order valence-corrected chi connectivity index (χ0v) is 13.3. The third-order valence-electron chi connectivity index (χ3n) is 3.21. The molecule has 0 heterocycles. The van der Waals surface area contributed by atoms with E-state index in [2.05, 4.69) is 10.6 Å². The molecule has 0 saturated heterocycles. The average molecular weight is 378 g/mol. The lowest BCUT2D eigenvalue weighted by atomic mass is 10.1. The van der Waals surface area contributed by atoms with Crippen molar-refractivity contribution in [1.82, 2.24) is 5.32 Å². The minimum atomic E-state index is -4.51. The molecule has 0 aliphatic carbocycles. The highest BCUT2D eigenvalue weighted by atomic mass is 32.1. The molecule has 134 valence electrons. The van der Waals surface area contributed by atoms with E-state index in [0.717, 1.165) is 18.2 Å². The Labute approximate surface area is 144 Å². The maximum absolute atomic E-state index is 12.9. The van der Waals surface area contributed by atoms with Crippen LogP contribution in [0, 0.1) is 0 Å². The lowest BCUT2D eigenvalue weighted by molar-refractivity contribution is -0.138. The van der Waals surface area contributed by atoms with Gasteiger partial charge in [-0.15, -0.1) is 0 Å². The van der Waals surface area contributed by atoms with Crippen LogP contribution < -0.4 is 10.6 Å². The number of hydrogen-bond donors (Lipinski definition) is 2. The van der Waals surface area contributed by atoms with Crippen molar-refractivity contribution in [2.24, 2.45) is 0 Å². The molecule has 2 aromatic rings. The van der Waals surface area contributed by atoms with Gasteiger partial charge in [0, 0.05) is 12.2 Å². The van der Waals surface area contributed by atoms with Crippen LogP contribution in [0.5, 0.6) is 0 Å². The molecule has 2 aromatic carbocycles. The number of anilines is 1. The van der Waals surface area contributed by atoms with E-state index < -0.39 is 23.5 Å². The second kappa shape index (κ2) is 7.30. The molecule has 2 nitrogen and oxygen atoms in total. The fourth-order valence-corrected chi connectivity index (χ4v) is 2.27. The van der Waals surface area contributed by atoms with E-state index in [4.69, 9.17) is 12.2 Å². The van der Waals surface area contributed by atoms with Crippen LogP contribution >= 0.6 is 12.2 Å². The Morgan fingerprint density at radius 2 is 1.56 bits per heavy atom. The molecule has 2 N–H and O–H groups in total. The SMILES string of the molecule is FC(F)(F)c1cccc(NC(=S)NCc2ccccc2C(F)(F)F)c1. The Hall–Kier alpha value is -2.29. The van der Waals surface area contributed by atoms with E-state index in [1.54, 1.807) is 0 Å². The minimum absolute atomic E-state index is 0.0248. The number of benzene rings is 2. The van der Waals surface area contributed by atoms with Gasteiger partial charge in [-0.25, -0.2) is 0 Å². The van der Waals surface area contributed by atoms with Gasteiger partial charge in [-0.2, -0.15) is 26.3 Å². The molecular formula is C16H12F6N2S. The van der Waals surface area contributed by atoms with Gasteiger partial charge in [0.25, 0.3) is 0 Å². The second-order valence-electron chi connectivity index (χ2n) is 5.04. The highest BCUT2D eigenvalue weighted by molar-refractivity contribution is 7.80. The van der Waals surface area contributed by atoms with E-state index >= 15 is 0 Å². The van der Waals surface area contributed by atoms with Crippen LogP contribution in [-0.2, 0) is 18.9 Å². The number of alkyl halides is 6. The molecule has 9 heteroatoms. The smallest absolute Gasteiger partial charge is 0.358 e. The number of rotatable bonds is 3. The number of thiocarbonyl (C=S) groups is 1. The van der Waals surface area contributed by atoms with Crippen molar-refractivity contribution >= 4 is 23.0 Å². The molecule has 25 heavy (non-hydrogen) atoms. The third kappa shape index (κ3) is 5.35. The number of hydrogen-bond acceptors (Lipinski definition) is 1. The van der Waals surface area contributed by atoms with Gasteiger partial charge in [0.05, 0.1) is 11.1 Å². The predicted molar refractivity (Wildman–Crippen MR) is 85.9 cm³/mol. The highest BCUT2D eigenvalue weighted by Gasteiger charge is 2.33. The van der Waals surface area contributed by atoms with Crippen LogP contribution in [0.4, 0.5) is 32.0 Å². The zero-order valence-electron chi connectivity index (χ0n) is 12.5. The lowest BCUT2D eigenvalue weighted by Crippen LogP contribution is -2.29. The van der Waals surface area contributed by atoms with Crippen LogP contribution in [0.25, 0.3) is 0 Å². The summed E-state index contributed by atoms with van der Waals surface area (Å²) in [6, 6.07) is 9.29. The maximum Gasteiger partial charge on any atom is 0.416 e. The molecule has 0 saturated carbocycles. The number of nitrogens with one attached hydrogen (secondary N) is 2. The van der Waals surface area contributed by atoms with Gasteiger partial charge in [-0.1, -0.05) is 24.3 Å². The van der Waals surface area contributed by atoms with Crippen molar-refractivity contribution in [2.75, 3.05) is 5.32 Å². The van der Waals surface area contributed by atoms with Gasteiger partial charge in [0.2, 0.25) is 0 Å². The Bertz CT molecular complexity index is 755. The molecule has 0 fully saturated rings. The third-order valence-corrected chi connectivity index (χ3v) is 3.46. The van der Waals surface area contributed by atoms with Gasteiger partial charge in [-0.05, 0) is 42.0 Å². The Balaban J connectivity index is 2.03. The minimum Gasteiger partial charge on any atom is -0.358 e. The normalized spacial score (nSPS) is 11.9. The molecule has 0 amide bonds. The second-order valence-corrected chi connectivity index (χ2v) is 5.45. The molecule has 0 spiro atoms. The predicted octanol–water partition coefficient (Wildman–Crippen LogP) is 5.21. The molecule has 0 radical (unpaired) electrons. The fourth-order valence-electron chi connectivity index (χ4n) is 2.08. The average Bonchev–Trinajstić information content (AvgIpc) is 2.52. The summed E-state index contributed by atoms with van der Waals surface area (Å²) in [6.07, 6.45) is -9.01. The molecule has 0 bridgehead atoms. The van der Waals surface area contributed by atoms with Crippen LogP contribution in [-0.4, -0.2) is 5.11 Å². The van der Waals surface area contributed by atoms with E-state index in [0.29, 0.717) is 0 Å². The van der Waals surface area contributed by atoms with E-state index in [9.17, 15) is 26.3 Å². The van der Waals surface area contributed by atoms with Crippen LogP contribution in [0.3, 0.4) is 0 Å². The van der Waals surface area contributed by atoms with Gasteiger partial charge in [0.1, 0.15) is 0 Å². The molecule has 0 aromatic heterocycles. The molecule has 0 unspecified atom stereocenters. The van der Waals surface area contributed by atoms with E-state index in [-0.39, 0.29) is 22.9 Å². The first kappa shape index (κ1) is 19.0. The van der Waals surface area contributed by atoms with Gasteiger partial charge in [0.15, 0.2) is 5.11 Å². The fraction of sp³-hybridized carbons (Fsp3) is 0.188. The molecular weight excluding hydrogens is 366 g/mol. The highest BCUT2D eigenvalue weighted by Crippen LogP contribution is 2.32. The molecule has 0 atom stereocenters. The van der Waals surface area contributed by atoms with Crippen LogP contribution in [0.2, 0.25) is 0 Å². The summed E-state index contributed by atoms with van der Waals surface area (Å²) >= 11 is 4.92. The van der Waals surface area contributed by atoms with Gasteiger partial charge < -0.3 is 10.6 Å². The monoisotopic (exact) mass is 378 g/mol. The Morgan fingerprint density at radius 3 is 2.20 bits per heavy atom. The first-order chi connectivity index (χ1) is 11.6. The Kier molecular flexibility index (Phi) is 5.56. The van der Waals surface area contributed by atoms with Crippen molar-refractivity contribution in [3.05, 3.63) is 65.2 Å². The maximum atomic E-state index is 12.9. The van der Waals surface area contributed by atoms with Gasteiger partial charge in [-0.3, -0.25) is 0 Å². The zero-order chi connectivity index (χ0) is 18.7.